The van der Waals surface area contributed by atoms with Crippen LogP contribution in [0.4, 0.5) is 5.69 Å². The summed E-state index contributed by atoms with van der Waals surface area (Å²) in [5.41, 5.74) is 1.36. The zero-order valence-electron chi connectivity index (χ0n) is 12.2. The smallest absolute Gasteiger partial charge is 0.262 e. The molecule has 0 saturated carbocycles. The number of halogens is 1. The molecular formula is C15H15BrN2O4S. The SMILES string of the molecule is Cc1cc(Br)ccc1OCC(=O)Nc1ccc(S(N)(=O)=O)cc1. The summed E-state index contributed by atoms with van der Waals surface area (Å²) >= 11 is 3.35. The molecule has 0 heterocycles. The maximum absolute atomic E-state index is 11.9. The van der Waals surface area contributed by atoms with Crippen LogP contribution in [0.5, 0.6) is 5.75 Å². The van der Waals surface area contributed by atoms with Crippen LogP contribution in [0.1, 0.15) is 5.56 Å². The van der Waals surface area contributed by atoms with Crippen LogP contribution in [0.3, 0.4) is 0 Å². The second-order valence-electron chi connectivity index (χ2n) is 4.82. The van der Waals surface area contributed by atoms with Crippen molar-refractivity contribution < 1.29 is 17.9 Å². The Morgan fingerprint density at radius 1 is 1.22 bits per heavy atom. The average Bonchev–Trinajstić information content (AvgIpc) is 2.46. The third-order valence-electron chi connectivity index (χ3n) is 2.96. The first-order valence-electron chi connectivity index (χ1n) is 6.57. The Bertz CT molecular complexity index is 820. The molecule has 23 heavy (non-hydrogen) atoms. The molecule has 0 radical (unpaired) electrons. The molecule has 0 unspecified atom stereocenters. The second kappa shape index (κ2) is 7.12. The van der Waals surface area contributed by atoms with Crippen molar-refractivity contribution in [3.8, 4) is 5.75 Å². The van der Waals surface area contributed by atoms with Gasteiger partial charge in [0.1, 0.15) is 5.75 Å². The van der Waals surface area contributed by atoms with E-state index in [9.17, 15) is 13.2 Å². The molecule has 1 amide bonds. The maximum Gasteiger partial charge on any atom is 0.262 e. The third kappa shape index (κ3) is 5.05. The number of carbonyl (C=O) groups excluding carboxylic acids is 1. The summed E-state index contributed by atoms with van der Waals surface area (Å²) in [6, 6.07) is 11.1. The topological polar surface area (TPSA) is 98.5 Å². The number of nitrogens with one attached hydrogen (secondary N) is 1. The van der Waals surface area contributed by atoms with Gasteiger partial charge in [-0.05, 0) is 55.0 Å². The molecule has 0 saturated heterocycles. The summed E-state index contributed by atoms with van der Waals surface area (Å²) < 4.78 is 28.7. The van der Waals surface area contributed by atoms with Crippen LogP contribution in [-0.4, -0.2) is 20.9 Å². The number of ether oxygens (including phenoxy) is 1. The zero-order chi connectivity index (χ0) is 17.0. The van der Waals surface area contributed by atoms with Crippen LogP contribution in [-0.2, 0) is 14.8 Å². The van der Waals surface area contributed by atoms with Gasteiger partial charge in [0.25, 0.3) is 5.91 Å². The van der Waals surface area contributed by atoms with Gasteiger partial charge in [0.05, 0.1) is 4.90 Å². The van der Waals surface area contributed by atoms with Gasteiger partial charge in [-0.2, -0.15) is 0 Å². The Kier molecular flexibility index (Phi) is 5.40. The Hall–Kier alpha value is -1.90. The number of carbonyl (C=O) groups is 1. The van der Waals surface area contributed by atoms with E-state index in [2.05, 4.69) is 21.2 Å². The van der Waals surface area contributed by atoms with E-state index in [4.69, 9.17) is 9.88 Å². The molecule has 3 N–H and O–H groups in total. The van der Waals surface area contributed by atoms with Crippen molar-refractivity contribution >= 4 is 37.5 Å². The highest BCUT2D eigenvalue weighted by molar-refractivity contribution is 9.10. The zero-order valence-corrected chi connectivity index (χ0v) is 14.6. The Labute approximate surface area is 142 Å². The van der Waals surface area contributed by atoms with Gasteiger partial charge in [-0.3, -0.25) is 4.79 Å². The first kappa shape index (κ1) is 17.5. The lowest BCUT2D eigenvalue weighted by Gasteiger charge is -2.10. The van der Waals surface area contributed by atoms with Crippen molar-refractivity contribution in [1.82, 2.24) is 0 Å². The third-order valence-corrected chi connectivity index (χ3v) is 4.38. The number of rotatable bonds is 5. The van der Waals surface area contributed by atoms with E-state index >= 15 is 0 Å². The summed E-state index contributed by atoms with van der Waals surface area (Å²) in [6.45, 7) is 1.73. The minimum Gasteiger partial charge on any atom is -0.483 e. The lowest BCUT2D eigenvalue weighted by Crippen LogP contribution is -2.20. The standard InChI is InChI=1S/C15H15BrN2O4S/c1-10-8-11(16)2-7-14(10)22-9-15(19)18-12-3-5-13(6-4-12)23(17,20)21/h2-8H,9H2,1H3,(H,18,19)(H2,17,20,21). The normalized spacial score (nSPS) is 11.1. The predicted molar refractivity (Wildman–Crippen MR) is 90.8 cm³/mol. The first-order chi connectivity index (χ1) is 10.8. The van der Waals surface area contributed by atoms with Gasteiger partial charge in [-0.1, -0.05) is 15.9 Å². The number of benzene rings is 2. The Morgan fingerprint density at radius 2 is 1.87 bits per heavy atom. The minimum atomic E-state index is -3.74. The van der Waals surface area contributed by atoms with Gasteiger partial charge < -0.3 is 10.1 Å². The Balaban J connectivity index is 1.94. The van der Waals surface area contributed by atoms with Crippen molar-refractivity contribution in [2.75, 3.05) is 11.9 Å². The summed E-state index contributed by atoms with van der Waals surface area (Å²) in [4.78, 5) is 11.8. The lowest BCUT2D eigenvalue weighted by molar-refractivity contribution is -0.118. The van der Waals surface area contributed by atoms with Gasteiger partial charge in [-0.25, -0.2) is 13.6 Å². The molecule has 0 aliphatic heterocycles. The van der Waals surface area contributed by atoms with Crippen molar-refractivity contribution in [3.63, 3.8) is 0 Å². The highest BCUT2D eigenvalue weighted by atomic mass is 79.9. The van der Waals surface area contributed by atoms with Crippen LogP contribution in [0.2, 0.25) is 0 Å². The number of nitrogens with two attached hydrogens (primary N) is 1. The quantitative estimate of drug-likeness (QED) is 0.807. The fourth-order valence-electron chi connectivity index (χ4n) is 1.84. The van der Waals surface area contributed by atoms with E-state index in [1.165, 1.54) is 24.3 Å². The second-order valence-corrected chi connectivity index (χ2v) is 7.29. The monoisotopic (exact) mass is 398 g/mol. The fraction of sp³-hybridized carbons (Fsp3) is 0.133. The van der Waals surface area contributed by atoms with Crippen LogP contribution in [0.25, 0.3) is 0 Å². The number of primary sulfonamides is 1. The molecule has 6 nitrogen and oxygen atoms in total. The molecule has 0 aliphatic rings. The predicted octanol–water partition coefficient (Wildman–Crippen LogP) is 2.42. The molecule has 0 spiro atoms. The van der Waals surface area contributed by atoms with E-state index in [-0.39, 0.29) is 17.4 Å². The molecule has 0 atom stereocenters. The molecule has 0 aromatic heterocycles. The van der Waals surface area contributed by atoms with Crippen LogP contribution < -0.4 is 15.2 Å². The molecule has 2 aromatic rings. The van der Waals surface area contributed by atoms with Crippen LogP contribution in [0.15, 0.2) is 51.8 Å². The lowest BCUT2D eigenvalue weighted by atomic mass is 10.2. The van der Waals surface area contributed by atoms with E-state index in [1.54, 1.807) is 6.07 Å². The molecular weight excluding hydrogens is 384 g/mol. The highest BCUT2D eigenvalue weighted by Crippen LogP contribution is 2.22. The maximum atomic E-state index is 11.9. The summed E-state index contributed by atoms with van der Waals surface area (Å²) in [5, 5.41) is 7.62. The molecule has 2 aromatic carbocycles. The van der Waals surface area contributed by atoms with E-state index in [1.807, 2.05) is 19.1 Å². The molecule has 8 heteroatoms. The number of anilines is 1. The van der Waals surface area contributed by atoms with E-state index in [0.29, 0.717) is 11.4 Å². The van der Waals surface area contributed by atoms with Gasteiger partial charge in [0.2, 0.25) is 10.0 Å². The van der Waals surface area contributed by atoms with Gasteiger partial charge in [0.15, 0.2) is 6.61 Å². The van der Waals surface area contributed by atoms with Crippen molar-refractivity contribution in [2.24, 2.45) is 5.14 Å². The summed E-state index contributed by atoms with van der Waals surface area (Å²) in [5.74, 6) is 0.267. The summed E-state index contributed by atoms with van der Waals surface area (Å²) in [6.07, 6.45) is 0. The van der Waals surface area contributed by atoms with Crippen molar-refractivity contribution in [1.29, 1.82) is 0 Å². The van der Waals surface area contributed by atoms with Crippen molar-refractivity contribution in [3.05, 3.63) is 52.5 Å². The van der Waals surface area contributed by atoms with E-state index in [0.717, 1.165) is 10.0 Å². The van der Waals surface area contributed by atoms with E-state index < -0.39 is 10.0 Å². The number of amides is 1. The van der Waals surface area contributed by atoms with Crippen molar-refractivity contribution in [2.45, 2.75) is 11.8 Å². The highest BCUT2D eigenvalue weighted by Gasteiger charge is 2.09. The molecule has 0 bridgehead atoms. The largest absolute Gasteiger partial charge is 0.483 e. The molecule has 0 aliphatic carbocycles. The average molecular weight is 399 g/mol. The number of sulfonamides is 1. The van der Waals surface area contributed by atoms with Gasteiger partial charge >= 0.3 is 0 Å². The van der Waals surface area contributed by atoms with Gasteiger partial charge in [-0.15, -0.1) is 0 Å². The first-order valence-corrected chi connectivity index (χ1v) is 8.91. The van der Waals surface area contributed by atoms with Crippen LogP contribution >= 0.6 is 15.9 Å². The molecule has 122 valence electrons. The number of hydrogen-bond donors (Lipinski definition) is 2. The van der Waals surface area contributed by atoms with Crippen LogP contribution in [0, 0.1) is 6.92 Å². The van der Waals surface area contributed by atoms with Gasteiger partial charge in [0, 0.05) is 10.2 Å². The number of hydrogen-bond acceptors (Lipinski definition) is 4. The Morgan fingerprint density at radius 3 is 2.43 bits per heavy atom. The summed E-state index contributed by atoms with van der Waals surface area (Å²) in [7, 11) is -3.74. The number of aryl methyl sites for hydroxylation is 1. The molecule has 0 fully saturated rings. The minimum absolute atomic E-state index is 0.0164. The molecule has 2 rings (SSSR count). The fourth-order valence-corrected chi connectivity index (χ4v) is 2.83.